The van der Waals surface area contributed by atoms with E-state index in [1.165, 1.54) is 6.33 Å². The number of rotatable bonds is 1. The van der Waals surface area contributed by atoms with Crippen molar-refractivity contribution in [1.29, 1.82) is 0 Å². The van der Waals surface area contributed by atoms with Crippen molar-refractivity contribution in [2.75, 3.05) is 26.2 Å². The molecule has 20 heavy (non-hydrogen) atoms. The van der Waals surface area contributed by atoms with E-state index in [-0.39, 0.29) is 17.8 Å². The summed E-state index contributed by atoms with van der Waals surface area (Å²) < 4.78 is 5.30. The summed E-state index contributed by atoms with van der Waals surface area (Å²) in [6, 6.07) is 0. The van der Waals surface area contributed by atoms with Gasteiger partial charge in [-0.15, -0.1) is 0 Å². The van der Waals surface area contributed by atoms with E-state index in [2.05, 4.69) is 15.2 Å². The van der Waals surface area contributed by atoms with Gasteiger partial charge in [0.25, 0.3) is 5.91 Å². The van der Waals surface area contributed by atoms with E-state index >= 15 is 0 Å². The van der Waals surface area contributed by atoms with Crippen LogP contribution in [-0.2, 0) is 4.74 Å². The van der Waals surface area contributed by atoms with Crippen LogP contribution in [0.25, 0.3) is 0 Å². The van der Waals surface area contributed by atoms with Gasteiger partial charge in [0, 0.05) is 26.2 Å². The lowest BCUT2D eigenvalue weighted by Crippen LogP contribution is -2.51. The number of nitrogens with one attached hydrogen (secondary N) is 1. The predicted octanol–water partition coefficient (Wildman–Crippen LogP) is 0.498. The Kier molecular flexibility index (Phi) is 3.91. The Morgan fingerprint density at radius 1 is 1.20 bits per heavy atom. The SMILES string of the molecule is CC(C)(C)OC(=O)N1CCN(C(=O)c2ncn[nH]2)CC1. The normalized spacial score (nSPS) is 16.1. The van der Waals surface area contributed by atoms with E-state index in [0.29, 0.717) is 26.2 Å². The first kappa shape index (κ1) is 14.3. The van der Waals surface area contributed by atoms with Gasteiger partial charge in [-0.25, -0.2) is 9.78 Å². The molecule has 2 amide bonds. The molecule has 8 nitrogen and oxygen atoms in total. The zero-order valence-corrected chi connectivity index (χ0v) is 11.9. The summed E-state index contributed by atoms with van der Waals surface area (Å²) in [5, 5.41) is 6.20. The van der Waals surface area contributed by atoms with E-state index in [1.54, 1.807) is 9.80 Å². The lowest BCUT2D eigenvalue weighted by Gasteiger charge is -2.35. The molecule has 0 radical (unpaired) electrons. The molecule has 0 aromatic carbocycles. The maximum atomic E-state index is 12.0. The van der Waals surface area contributed by atoms with Gasteiger partial charge in [0.15, 0.2) is 0 Å². The van der Waals surface area contributed by atoms with Gasteiger partial charge >= 0.3 is 6.09 Å². The topological polar surface area (TPSA) is 91.4 Å². The molecule has 1 aliphatic heterocycles. The maximum absolute atomic E-state index is 12.0. The van der Waals surface area contributed by atoms with E-state index in [0.717, 1.165) is 0 Å². The minimum Gasteiger partial charge on any atom is -0.444 e. The molecule has 1 N–H and O–H groups in total. The first-order chi connectivity index (χ1) is 9.37. The van der Waals surface area contributed by atoms with Crippen LogP contribution in [0.1, 0.15) is 31.4 Å². The van der Waals surface area contributed by atoms with E-state index in [9.17, 15) is 9.59 Å². The number of H-pyrrole nitrogens is 1. The Labute approximate surface area is 117 Å². The third-order valence-corrected chi connectivity index (χ3v) is 2.84. The summed E-state index contributed by atoms with van der Waals surface area (Å²) in [5.74, 6) is 0.0158. The average molecular weight is 281 g/mol. The van der Waals surface area contributed by atoms with Crippen LogP contribution in [0.3, 0.4) is 0 Å². The van der Waals surface area contributed by atoms with Crippen molar-refractivity contribution >= 4 is 12.0 Å². The van der Waals surface area contributed by atoms with Crippen molar-refractivity contribution < 1.29 is 14.3 Å². The van der Waals surface area contributed by atoms with Gasteiger partial charge in [-0.05, 0) is 20.8 Å². The van der Waals surface area contributed by atoms with Gasteiger partial charge < -0.3 is 14.5 Å². The highest BCUT2D eigenvalue weighted by atomic mass is 16.6. The molecule has 0 aliphatic carbocycles. The molecule has 1 saturated heterocycles. The molecule has 0 bridgehead atoms. The van der Waals surface area contributed by atoms with E-state index < -0.39 is 5.60 Å². The van der Waals surface area contributed by atoms with Gasteiger partial charge in [0.1, 0.15) is 11.9 Å². The Hall–Kier alpha value is -2.12. The van der Waals surface area contributed by atoms with E-state index in [1.807, 2.05) is 20.8 Å². The summed E-state index contributed by atoms with van der Waals surface area (Å²) in [4.78, 5) is 31.0. The Bertz CT molecular complexity index is 472. The number of ether oxygens (including phenoxy) is 1. The third kappa shape index (κ3) is 3.46. The third-order valence-electron chi connectivity index (χ3n) is 2.84. The molecule has 0 atom stereocenters. The summed E-state index contributed by atoms with van der Waals surface area (Å²) in [7, 11) is 0. The van der Waals surface area contributed by atoms with Gasteiger partial charge in [0.05, 0.1) is 0 Å². The second-order valence-corrected chi connectivity index (χ2v) is 5.59. The number of aromatic nitrogens is 3. The number of amides is 2. The fraction of sp³-hybridized carbons (Fsp3) is 0.667. The number of hydrogen-bond donors (Lipinski definition) is 1. The van der Waals surface area contributed by atoms with Crippen LogP contribution >= 0.6 is 0 Å². The Balaban J connectivity index is 1.86. The molecule has 0 spiro atoms. The Morgan fingerprint density at radius 2 is 1.80 bits per heavy atom. The fourth-order valence-electron chi connectivity index (χ4n) is 1.88. The summed E-state index contributed by atoms with van der Waals surface area (Å²) >= 11 is 0. The predicted molar refractivity (Wildman–Crippen MR) is 70.1 cm³/mol. The zero-order chi connectivity index (χ0) is 14.8. The standard InChI is InChI=1S/C12H19N5O3/c1-12(2,3)20-11(19)17-6-4-16(5-7-17)10(18)9-13-8-14-15-9/h8H,4-7H2,1-3H3,(H,13,14,15). The number of carbonyl (C=O) groups excluding carboxylic acids is 2. The molecule has 8 heteroatoms. The second kappa shape index (κ2) is 5.48. The molecule has 1 fully saturated rings. The molecule has 2 rings (SSSR count). The number of nitrogens with zero attached hydrogens (tertiary/aromatic N) is 4. The lowest BCUT2D eigenvalue weighted by molar-refractivity contribution is 0.0139. The average Bonchev–Trinajstić information content (AvgIpc) is 2.90. The van der Waals surface area contributed by atoms with Crippen molar-refractivity contribution in [3.63, 3.8) is 0 Å². The van der Waals surface area contributed by atoms with Gasteiger partial charge in [0.2, 0.25) is 5.82 Å². The van der Waals surface area contributed by atoms with Crippen molar-refractivity contribution in [2.24, 2.45) is 0 Å². The van der Waals surface area contributed by atoms with Crippen LogP contribution in [-0.4, -0.2) is 68.8 Å². The smallest absolute Gasteiger partial charge is 0.410 e. The molecule has 0 unspecified atom stereocenters. The van der Waals surface area contributed by atoms with Crippen molar-refractivity contribution in [3.05, 3.63) is 12.2 Å². The molecular weight excluding hydrogens is 262 g/mol. The largest absolute Gasteiger partial charge is 0.444 e. The van der Waals surface area contributed by atoms with Crippen molar-refractivity contribution in [3.8, 4) is 0 Å². The number of hydrogen-bond acceptors (Lipinski definition) is 5. The minimum absolute atomic E-state index is 0.202. The highest BCUT2D eigenvalue weighted by molar-refractivity contribution is 5.90. The summed E-state index contributed by atoms with van der Waals surface area (Å²) in [6.07, 6.45) is 0.953. The highest BCUT2D eigenvalue weighted by Gasteiger charge is 2.28. The lowest BCUT2D eigenvalue weighted by atomic mass is 10.2. The van der Waals surface area contributed by atoms with Crippen LogP contribution in [0, 0.1) is 0 Å². The first-order valence-corrected chi connectivity index (χ1v) is 6.49. The van der Waals surface area contributed by atoms with Crippen LogP contribution in [0.4, 0.5) is 4.79 Å². The molecule has 2 heterocycles. The zero-order valence-electron chi connectivity index (χ0n) is 11.9. The molecule has 1 aromatic heterocycles. The van der Waals surface area contributed by atoms with Gasteiger partial charge in [-0.1, -0.05) is 0 Å². The molecule has 110 valence electrons. The maximum Gasteiger partial charge on any atom is 0.410 e. The van der Waals surface area contributed by atoms with Gasteiger partial charge in [-0.3, -0.25) is 9.89 Å². The first-order valence-electron chi connectivity index (χ1n) is 6.49. The van der Waals surface area contributed by atoms with Crippen molar-refractivity contribution in [1.82, 2.24) is 25.0 Å². The van der Waals surface area contributed by atoms with Crippen LogP contribution < -0.4 is 0 Å². The molecule has 0 saturated carbocycles. The molecular formula is C12H19N5O3. The van der Waals surface area contributed by atoms with Crippen LogP contribution in [0.2, 0.25) is 0 Å². The quantitative estimate of drug-likeness (QED) is 0.809. The fourth-order valence-corrected chi connectivity index (χ4v) is 1.88. The van der Waals surface area contributed by atoms with E-state index in [4.69, 9.17) is 4.74 Å². The summed E-state index contributed by atoms with van der Waals surface area (Å²) in [6.45, 7) is 7.30. The van der Waals surface area contributed by atoms with Crippen LogP contribution in [0.5, 0.6) is 0 Å². The minimum atomic E-state index is -0.510. The van der Waals surface area contributed by atoms with Crippen LogP contribution in [0.15, 0.2) is 6.33 Å². The van der Waals surface area contributed by atoms with Crippen molar-refractivity contribution in [2.45, 2.75) is 26.4 Å². The molecule has 1 aliphatic rings. The van der Waals surface area contributed by atoms with Gasteiger partial charge in [-0.2, -0.15) is 5.10 Å². The number of aromatic amines is 1. The second-order valence-electron chi connectivity index (χ2n) is 5.59. The monoisotopic (exact) mass is 281 g/mol. The number of piperazine rings is 1. The molecule has 1 aromatic rings. The number of carbonyl (C=O) groups is 2. The summed E-state index contributed by atoms with van der Waals surface area (Å²) in [5.41, 5.74) is -0.510. The highest BCUT2D eigenvalue weighted by Crippen LogP contribution is 2.12. The Morgan fingerprint density at radius 3 is 2.30 bits per heavy atom.